The lowest BCUT2D eigenvalue weighted by Crippen LogP contribution is -2.42. The molecule has 2 amide bonds. The molecule has 4 rings (SSSR count). The number of likely N-dealkylation sites (tertiary alicyclic amines) is 1. The molecule has 3 heterocycles. The fourth-order valence-electron chi connectivity index (χ4n) is 4.22. The molecule has 0 unspecified atom stereocenters. The van der Waals surface area contributed by atoms with E-state index in [1.165, 1.54) is 0 Å². The van der Waals surface area contributed by atoms with Crippen LogP contribution in [-0.2, 0) is 6.42 Å². The van der Waals surface area contributed by atoms with E-state index in [9.17, 15) is 9.59 Å². The van der Waals surface area contributed by atoms with Gasteiger partial charge in [0.05, 0.1) is 16.8 Å². The van der Waals surface area contributed by atoms with Crippen molar-refractivity contribution in [2.45, 2.75) is 45.1 Å². The van der Waals surface area contributed by atoms with Gasteiger partial charge in [-0.05, 0) is 43.2 Å². The second-order valence-corrected chi connectivity index (χ2v) is 9.41. The van der Waals surface area contributed by atoms with Crippen LogP contribution < -0.4 is 0 Å². The van der Waals surface area contributed by atoms with Crippen molar-refractivity contribution >= 4 is 33.2 Å². The van der Waals surface area contributed by atoms with Crippen molar-refractivity contribution in [2.24, 2.45) is 0 Å². The van der Waals surface area contributed by atoms with Crippen LogP contribution in [0.5, 0.6) is 0 Å². The first-order valence-corrected chi connectivity index (χ1v) is 11.6. The normalized spacial score (nSPS) is 16.9. The van der Waals surface area contributed by atoms with Crippen LogP contribution in [0.2, 0.25) is 0 Å². The lowest BCUT2D eigenvalue weighted by molar-refractivity contribution is 0.0675. The molecular formula is C24H28N4O2S. The highest BCUT2D eigenvalue weighted by Crippen LogP contribution is 2.35. The SMILES string of the molecule is Cc1cnc(C(=O)N2CCCCC[C@@H]2Cc2c(C(=O)N(C)C)sc3ccccc23)cn1. The molecule has 0 bridgehead atoms. The van der Waals surface area contributed by atoms with Crippen LogP contribution in [0.4, 0.5) is 0 Å². The largest absolute Gasteiger partial charge is 0.344 e. The quantitative estimate of drug-likeness (QED) is 0.611. The summed E-state index contributed by atoms with van der Waals surface area (Å²) in [4.78, 5) is 39.2. The Balaban J connectivity index is 1.71. The Morgan fingerprint density at radius 2 is 1.94 bits per heavy atom. The Kier molecular flexibility index (Phi) is 6.32. The Hall–Kier alpha value is -2.80. The number of thiophene rings is 1. The van der Waals surface area contributed by atoms with Crippen molar-refractivity contribution in [3.05, 3.63) is 58.5 Å². The first-order chi connectivity index (χ1) is 15.0. The fourth-order valence-corrected chi connectivity index (χ4v) is 5.47. The number of amides is 2. The van der Waals surface area contributed by atoms with Crippen LogP contribution in [-0.4, -0.2) is 58.3 Å². The molecule has 0 N–H and O–H groups in total. The van der Waals surface area contributed by atoms with Crippen LogP contribution in [0.1, 0.15) is 57.1 Å². The molecule has 0 aliphatic carbocycles. The predicted octanol–water partition coefficient (Wildman–Crippen LogP) is 4.33. The van der Waals surface area contributed by atoms with Crippen molar-refractivity contribution in [3.63, 3.8) is 0 Å². The topological polar surface area (TPSA) is 66.4 Å². The summed E-state index contributed by atoms with van der Waals surface area (Å²) in [5.74, 6) is -0.0495. The zero-order chi connectivity index (χ0) is 22.0. The summed E-state index contributed by atoms with van der Waals surface area (Å²) in [5.41, 5.74) is 2.23. The molecule has 1 saturated heterocycles. The number of hydrogen-bond acceptors (Lipinski definition) is 5. The average molecular weight is 437 g/mol. The van der Waals surface area contributed by atoms with Gasteiger partial charge >= 0.3 is 0 Å². The van der Waals surface area contributed by atoms with E-state index in [0.29, 0.717) is 18.7 Å². The van der Waals surface area contributed by atoms with Crippen molar-refractivity contribution < 1.29 is 9.59 Å². The minimum atomic E-state index is -0.0700. The molecule has 6 nitrogen and oxygen atoms in total. The number of hydrogen-bond donors (Lipinski definition) is 0. The Morgan fingerprint density at radius 3 is 2.68 bits per heavy atom. The van der Waals surface area contributed by atoms with Crippen LogP contribution in [0, 0.1) is 6.92 Å². The molecule has 162 valence electrons. The lowest BCUT2D eigenvalue weighted by atomic mass is 9.97. The van der Waals surface area contributed by atoms with Gasteiger partial charge in [0, 0.05) is 37.6 Å². The smallest absolute Gasteiger partial charge is 0.274 e. The van der Waals surface area contributed by atoms with Crippen molar-refractivity contribution in [1.82, 2.24) is 19.8 Å². The number of rotatable bonds is 4. The van der Waals surface area contributed by atoms with E-state index in [2.05, 4.69) is 22.1 Å². The van der Waals surface area contributed by atoms with Gasteiger partial charge in [-0.2, -0.15) is 0 Å². The van der Waals surface area contributed by atoms with Crippen molar-refractivity contribution in [2.75, 3.05) is 20.6 Å². The summed E-state index contributed by atoms with van der Waals surface area (Å²) in [6, 6.07) is 8.20. The second-order valence-electron chi connectivity index (χ2n) is 8.35. The lowest BCUT2D eigenvalue weighted by Gasteiger charge is -2.30. The fraction of sp³-hybridized carbons (Fsp3) is 0.417. The van der Waals surface area contributed by atoms with E-state index in [4.69, 9.17) is 0 Å². The number of fused-ring (bicyclic) bond motifs is 1. The van der Waals surface area contributed by atoms with Crippen LogP contribution in [0.15, 0.2) is 36.7 Å². The average Bonchev–Trinajstić information content (AvgIpc) is 2.96. The molecule has 1 aromatic carbocycles. The number of aryl methyl sites for hydroxylation is 1. The highest BCUT2D eigenvalue weighted by atomic mass is 32.1. The van der Waals surface area contributed by atoms with E-state index < -0.39 is 0 Å². The number of benzene rings is 1. The third kappa shape index (κ3) is 4.46. The first-order valence-electron chi connectivity index (χ1n) is 10.8. The Morgan fingerprint density at radius 1 is 1.13 bits per heavy atom. The van der Waals surface area contributed by atoms with Crippen LogP contribution >= 0.6 is 11.3 Å². The van der Waals surface area contributed by atoms with Gasteiger partial charge in [0.15, 0.2) is 0 Å². The molecule has 31 heavy (non-hydrogen) atoms. The molecule has 1 aliphatic heterocycles. The second kappa shape index (κ2) is 9.14. The maximum Gasteiger partial charge on any atom is 0.274 e. The zero-order valence-corrected chi connectivity index (χ0v) is 19.1. The molecule has 3 aromatic rings. The van der Waals surface area contributed by atoms with Gasteiger partial charge in [0.2, 0.25) is 0 Å². The van der Waals surface area contributed by atoms with Gasteiger partial charge in [-0.1, -0.05) is 31.0 Å². The van der Waals surface area contributed by atoms with Crippen LogP contribution in [0.3, 0.4) is 0 Å². The van der Waals surface area contributed by atoms with E-state index in [1.807, 2.05) is 24.0 Å². The highest BCUT2D eigenvalue weighted by Gasteiger charge is 2.30. The summed E-state index contributed by atoms with van der Waals surface area (Å²) in [6.07, 6.45) is 7.96. The molecule has 1 fully saturated rings. The summed E-state index contributed by atoms with van der Waals surface area (Å²) in [7, 11) is 3.57. The maximum absolute atomic E-state index is 13.3. The number of carbonyl (C=O) groups excluding carboxylic acids is 2. The maximum atomic E-state index is 13.3. The minimum Gasteiger partial charge on any atom is -0.344 e. The van der Waals surface area contributed by atoms with Crippen molar-refractivity contribution in [3.8, 4) is 0 Å². The third-order valence-corrected chi connectivity index (χ3v) is 7.08. The third-order valence-electron chi connectivity index (χ3n) is 5.88. The predicted molar refractivity (Wildman–Crippen MR) is 124 cm³/mol. The summed E-state index contributed by atoms with van der Waals surface area (Å²) >= 11 is 1.54. The van der Waals surface area contributed by atoms with Gasteiger partial charge in [0.1, 0.15) is 5.69 Å². The molecule has 0 saturated carbocycles. The summed E-state index contributed by atoms with van der Waals surface area (Å²) < 4.78 is 1.11. The number of carbonyl (C=O) groups is 2. The van der Waals surface area contributed by atoms with E-state index in [1.54, 1.807) is 42.7 Å². The summed E-state index contributed by atoms with van der Waals surface area (Å²) in [5, 5.41) is 1.12. The molecule has 0 radical (unpaired) electrons. The molecule has 2 aromatic heterocycles. The molecule has 7 heteroatoms. The monoisotopic (exact) mass is 436 g/mol. The van der Waals surface area contributed by atoms with Crippen LogP contribution in [0.25, 0.3) is 10.1 Å². The van der Waals surface area contributed by atoms with Gasteiger partial charge in [-0.15, -0.1) is 11.3 Å². The summed E-state index contributed by atoms with van der Waals surface area (Å²) in [6.45, 7) is 2.57. The van der Waals surface area contributed by atoms with Gasteiger partial charge in [-0.3, -0.25) is 14.6 Å². The van der Waals surface area contributed by atoms with E-state index >= 15 is 0 Å². The van der Waals surface area contributed by atoms with E-state index in [0.717, 1.165) is 51.9 Å². The van der Waals surface area contributed by atoms with E-state index in [-0.39, 0.29) is 17.9 Å². The van der Waals surface area contributed by atoms with Gasteiger partial charge in [0.25, 0.3) is 11.8 Å². The highest BCUT2D eigenvalue weighted by molar-refractivity contribution is 7.21. The Bertz CT molecular complexity index is 1090. The first kappa shape index (κ1) is 21.4. The minimum absolute atomic E-state index is 0.0205. The molecular weight excluding hydrogens is 408 g/mol. The Labute approximate surface area is 186 Å². The molecule has 0 spiro atoms. The van der Waals surface area contributed by atoms with Crippen molar-refractivity contribution in [1.29, 1.82) is 0 Å². The van der Waals surface area contributed by atoms with Gasteiger partial charge in [-0.25, -0.2) is 4.98 Å². The zero-order valence-electron chi connectivity index (χ0n) is 18.3. The number of aromatic nitrogens is 2. The standard InChI is InChI=1S/C24H28N4O2S/c1-16-14-26-20(15-25-16)23(29)28-12-8-4-5-9-17(28)13-19-18-10-6-7-11-21(18)31-22(19)24(30)27(2)3/h6-7,10-11,14-15,17H,4-5,8-9,12-13H2,1-3H3/t17-/m1/s1. The molecule has 1 atom stereocenters. The number of nitrogens with zero attached hydrogens (tertiary/aromatic N) is 4. The van der Waals surface area contributed by atoms with Gasteiger partial charge < -0.3 is 9.80 Å². The molecule has 1 aliphatic rings.